The van der Waals surface area contributed by atoms with Crippen molar-refractivity contribution in [3.05, 3.63) is 42.5 Å². The van der Waals surface area contributed by atoms with E-state index in [0.717, 1.165) is 12.4 Å². The molecule has 0 aromatic heterocycles. The van der Waals surface area contributed by atoms with Crippen LogP contribution < -0.4 is 4.74 Å². The molecule has 2 aromatic carbocycles. The molecule has 1 fully saturated rings. The van der Waals surface area contributed by atoms with E-state index in [9.17, 15) is 0 Å². The van der Waals surface area contributed by atoms with Gasteiger partial charge in [0.1, 0.15) is 18.5 Å². The predicted molar refractivity (Wildman–Crippen MR) is 66.1 cm³/mol. The van der Waals surface area contributed by atoms with Crippen LogP contribution in [0.5, 0.6) is 5.75 Å². The molecule has 4 rings (SSSR count). The van der Waals surface area contributed by atoms with Crippen LogP contribution >= 0.6 is 0 Å². The van der Waals surface area contributed by atoms with E-state index in [1.54, 1.807) is 0 Å². The summed E-state index contributed by atoms with van der Waals surface area (Å²) in [5, 5.41) is 0. The summed E-state index contributed by atoms with van der Waals surface area (Å²) in [5.74, 6) is 0.983. The van der Waals surface area contributed by atoms with E-state index in [1.807, 2.05) is 6.07 Å². The molecular formula is C15H12O2. The van der Waals surface area contributed by atoms with Gasteiger partial charge in [-0.1, -0.05) is 36.4 Å². The van der Waals surface area contributed by atoms with E-state index in [2.05, 4.69) is 36.4 Å². The van der Waals surface area contributed by atoms with E-state index in [4.69, 9.17) is 9.47 Å². The molecule has 1 saturated heterocycles. The topological polar surface area (TPSA) is 21.8 Å². The molecule has 1 aliphatic carbocycles. The van der Waals surface area contributed by atoms with E-state index < -0.39 is 0 Å². The lowest BCUT2D eigenvalue weighted by Crippen LogP contribution is -2.08. The fourth-order valence-corrected chi connectivity index (χ4v) is 2.37. The number of rotatable bonds is 3. The Morgan fingerprint density at radius 3 is 2.59 bits per heavy atom. The molecular weight excluding hydrogens is 212 g/mol. The van der Waals surface area contributed by atoms with Crippen LogP contribution in [0.15, 0.2) is 42.5 Å². The van der Waals surface area contributed by atoms with Crippen molar-refractivity contribution in [3.8, 4) is 28.0 Å². The molecule has 1 atom stereocenters. The molecule has 0 N–H and O–H groups in total. The minimum atomic E-state index is 0.307. The second-order valence-electron chi connectivity index (χ2n) is 4.49. The third-order valence-corrected chi connectivity index (χ3v) is 3.34. The summed E-state index contributed by atoms with van der Waals surface area (Å²) in [4.78, 5) is 0. The van der Waals surface area contributed by atoms with Crippen molar-refractivity contribution < 1.29 is 9.47 Å². The molecule has 2 aromatic rings. The Morgan fingerprint density at radius 1 is 1.00 bits per heavy atom. The average molecular weight is 224 g/mol. The molecule has 0 bridgehead atoms. The Morgan fingerprint density at radius 2 is 1.76 bits per heavy atom. The number of epoxide rings is 1. The first-order chi connectivity index (χ1) is 8.43. The van der Waals surface area contributed by atoms with E-state index in [1.165, 1.54) is 22.3 Å². The quantitative estimate of drug-likeness (QED) is 0.637. The van der Waals surface area contributed by atoms with Crippen molar-refractivity contribution in [2.75, 3.05) is 13.2 Å². The highest BCUT2D eigenvalue weighted by molar-refractivity contribution is 6.04. The second kappa shape index (κ2) is 3.34. The number of hydrogen-bond donors (Lipinski definition) is 0. The minimum absolute atomic E-state index is 0.307. The Labute approximate surface area is 99.8 Å². The highest BCUT2D eigenvalue weighted by atomic mass is 16.6. The van der Waals surface area contributed by atoms with Gasteiger partial charge in [-0.25, -0.2) is 0 Å². The summed E-state index contributed by atoms with van der Waals surface area (Å²) in [7, 11) is 0. The molecule has 1 aliphatic heterocycles. The molecule has 0 radical (unpaired) electrons. The zero-order valence-corrected chi connectivity index (χ0v) is 9.35. The van der Waals surface area contributed by atoms with E-state index in [0.29, 0.717) is 12.7 Å². The maximum Gasteiger partial charge on any atom is 0.127 e. The van der Waals surface area contributed by atoms with Gasteiger partial charge in [-0.2, -0.15) is 0 Å². The zero-order valence-electron chi connectivity index (χ0n) is 9.35. The van der Waals surface area contributed by atoms with Crippen LogP contribution in [0.3, 0.4) is 0 Å². The van der Waals surface area contributed by atoms with Crippen LogP contribution in [0.25, 0.3) is 22.3 Å². The Bertz CT molecular complexity index is 585. The van der Waals surface area contributed by atoms with Gasteiger partial charge in [0.2, 0.25) is 0 Å². The van der Waals surface area contributed by atoms with Crippen LogP contribution in [-0.4, -0.2) is 19.3 Å². The maximum absolute atomic E-state index is 5.82. The van der Waals surface area contributed by atoms with Crippen LogP contribution in [-0.2, 0) is 4.74 Å². The lowest BCUT2D eigenvalue weighted by atomic mass is 9.80. The highest BCUT2D eigenvalue weighted by Gasteiger charge is 2.27. The van der Waals surface area contributed by atoms with Crippen molar-refractivity contribution in [3.63, 3.8) is 0 Å². The zero-order chi connectivity index (χ0) is 11.2. The smallest absolute Gasteiger partial charge is 0.127 e. The van der Waals surface area contributed by atoms with Crippen LogP contribution in [0, 0.1) is 0 Å². The van der Waals surface area contributed by atoms with Crippen LogP contribution in [0.4, 0.5) is 0 Å². The molecule has 2 aliphatic rings. The normalized spacial score (nSPS) is 18.9. The highest BCUT2D eigenvalue weighted by Crippen LogP contribution is 2.51. The van der Waals surface area contributed by atoms with Crippen molar-refractivity contribution in [2.45, 2.75) is 6.10 Å². The molecule has 0 saturated carbocycles. The second-order valence-corrected chi connectivity index (χ2v) is 4.49. The molecule has 0 spiro atoms. The van der Waals surface area contributed by atoms with Crippen LogP contribution in [0.2, 0.25) is 0 Å². The first-order valence-corrected chi connectivity index (χ1v) is 5.91. The first-order valence-electron chi connectivity index (χ1n) is 5.91. The summed E-state index contributed by atoms with van der Waals surface area (Å²) in [5.41, 5.74) is 5.18. The van der Waals surface area contributed by atoms with Crippen molar-refractivity contribution in [2.24, 2.45) is 0 Å². The van der Waals surface area contributed by atoms with Gasteiger partial charge in [0.05, 0.1) is 6.61 Å². The monoisotopic (exact) mass is 224 g/mol. The predicted octanol–water partition coefficient (Wildman–Crippen LogP) is 3.11. The Hall–Kier alpha value is -1.80. The number of benzene rings is 2. The van der Waals surface area contributed by atoms with Gasteiger partial charge in [-0.3, -0.25) is 0 Å². The van der Waals surface area contributed by atoms with Gasteiger partial charge in [-0.15, -0.1) is 0 Å². The molecule has 1 unspecified atom stereocenters. The Balaban J connectivity index is 1.71. The van der Waals surface area contributed by atoms with Gasteiger partial charge in [0.25, 0.3) is 0 Å². The molecule has 2 heteroatoms. The summed E-state index contributed by atoms with van der Waals surface area (Å²) >= 11 is 0. The molecule has 84 valence electrons. The van der Waals surface area contributed by atoms with Gasteiger partial charge < -0.3 is 9.47 Å². The fraction of sp³-hybridized carbons (Fsp3) is 0.200. The van der Waals surface area contributed by atoms with Crippen molar-refractivity contribution in [1.29, 1.82) is 0 Å². The van der Waals surface area contributed by atoms with Gasteiger partial charge >= 0.3 is 0 Å². The van der Waals surface area contributed by atoms with Gasteiger partial charge in [0.15, 0.2) is 0 Å². The van der Waals surface area contributed by atoms with E-state index in [-0.39, 0.29) is 0 Å². The fourth-order valence-electron chi connectivity index (χ4n) is 2.37. The summed E-state index contributed by atoms with van der Waals surface area (Å²) < 4.78 is 11.0. The largest absolute Gasteiger partial charge is 0.490 e. The molecule has 2 nitrogen and oxygen atoms in total. The maximum atomic E-state index is 5.82. The summed E-state index contributed by atoms with van der Waals surface area (Å²) in [6.45, 7) is 1.50. The SMILES string of the molecule is c1ccc2c(c1)-c1cccc(OCC3CO3)c1-2. The lowest BCUT2D eigenvalue weighted by molar-refractivity contribution is 0.264. The summed E-state index contributed by atoms with van der Waals surface area (Å²) in [6.07, 6.45) is 0.307. The number of fused-ring (bicyclic) bond motifs is 4. The number of ether oxygens (including phenoxy) is 2. The van der Waals surface area contributed by atoms with Crippen LogP contribution in [0.1, 0.15) is 0 Å². The number of hydrogen-bond acceptors (Lipinski definition) is 2. The molecule has 17 heavy (non-hydrogen) atoms. The molecule has 1 heterocycles. The molecule has 0 amide bonds. The van der Waals surface area contributed by atoms with E-state index >= 15 is 0 Å². The van der Waals surface area contributed by atoms with Crippen molar-refractivity contribution >= 4 is 0 Å². The summed E-state index contributed by atoms with van der Waals surface area (Å²) in [6, 6.07) is 14.7. The van der Waals surface area contributed by atoms with Crippen molar-refractivity contribution in [1.82, 2.24) is 0 Å². The third kappa shape index (κ3) is 1.38. The van der Waals surface area contributed by atoms with Gasteiger partial charge in [-0.05, 0) is 22.8 Å². The lowest BCUT2D eigenvalue weighted by Gasteiger charge is -2.26. The third-order valence-electron chi connectivity index (χ3n) is 3.34. The Kier molecular flexibility index (Phi) is 1.82. The van der Waals surface area contributed by atoms with Gasteiger partial charge in [0, 0.05) is 5.56 Å². The minimum Gasteiger partial charge on any atom is -0.490 e. The average Bonchev–Trinajstić information content (AvgIpc) is 3.17. The first kappa shape index (κ1) is 9.25. The standard InChI is InChI=1S/C15H12O2/c1-2-5-12-11(4-1)13-6-3-7-14(15(12)13)17-9-10-8-16-10/h1-7,10H,8-9H2.